The molecule has 110 valence electrons. The third kappa shape index (κ3) is 4.66. The maximum Gasteiger partial charge on any atom is 0.139 e. The van der Waals surface area contributed by atoms with Crippen molar-refractivity contribution in [2.24, 2.45) is 22.2 Å². The molecule has 1 saturated carbocycles. The van der Waals surface area contributed by atoms with Gasteiger partial charge in [0.25, 0.3) is 0 Å². The Labute approximate surface area is 116 Å². The first-order valence-electron chi connectivity index (χ1n) is 7.53. The second-order valence-electron chi connectivity index (χ2n) is 6.51. The number of nitrogens with zero attached hydrogens (tertiary/aromatic N) is 2. The van der Waals surface area contributed by atoms with Gasteiger partial charge in [-0.15, -0.1) is 0 Å². The first-order valence-corrected chi connectivity index (χ1v) is 7.53. The van der Waals surface area contributed by atoms with Crippen molar-refractivity contribution in [3.63, 3.8) is 0 Å². The number of hydrogen-bond acceptors (Lipinski definition) is 4. The lowest BCUT2D eigenvalue weighted by molar-refractivity contribution is 0.278. The molecule has 1 saturated heterocycles. The van der Waals surface area contributed by atoms with E-state index in [0.29, 0.717) is 11.8 Å². The second kappa shape index (κ2) is 6.57. The number of nitrogens with two attached hydrogens (primary N) is 1. The van der Waals surface area contributed by atoms with Crippen molar-refractivity contribution < 1.29 is 5.21 Å². The van der Waals surface area contributed by atoms with Crippen LogP contribution in [0.4, 0.5) is 0 Å². The van der Waals surface area contributed by atoms with Gasteiger partial charge in [-0.05, 0) is 56.7 Å². The molecule has 1 atom stereocenters. The lowest BCUT2D eigenvalue weighted by atomic mass is 10.0. The maximum atomic E-state index is 8.64. The van der Waals surface area contributed by atoms with Gasteiger partial charge in [-0.1, -0.05) is 12.1 Å². The summed E-state index contributed by atoms with van der Waals surface area (Å²) in [4.78, 5) is 2.57. The van der Waals surface area contributed by atoms with E-state index in [9.17, 15) is 0 Å². The summed E-state index contributed by atoms with van der Waals surface area (Å²) in [5.41, 5.74) is 5.87. The number of nitrogens with one attached hydrogen (secondary N) is 1. The molecule has 0 aromatic rings. The highest BCUT2D eigenvalue weighted by Gasteiger charge is 2.42. The number of rotatable bonds is 8. The molecule has 1 aliphatic heterocycles. The summed E-state index contributed by atoms with van der Waals surface area (Å²) >= 11 is 0. The summed E-state index contributed by atoms with van der Waals surface area (Å²) in [6, 6.07) is 0. The van der Waals surface area contributed by atoms with E-state index >= 15 is 0 Å². The maximum absolute atomic E-state index is 8.64. The highest BCUT2D eigenvalue weighted by atomic mass is 16.4. The molecule has 5 nitrogen and oxygen atoms in total. The minimum absolute atomic E-state index is 0.268. The molecule has 2 fully saturated rings. The predicted octanol–water partition coefficient (Wildman–Crippen LogP) is 1.22. The smallest absolute Gasteiger partial charge is 0.139 e. The largest absolute Gasteiger partial charge is 0.409 e. The molecule has 0 amide bonds. The van der Waals surface area contributed by atoms with Crippen LogP contribution < -0.4 is 11.1 Å². The molecule has 0 aromatic carbocycles. The Balaban J connectivity index is 1.60. The van der Waals surface area contributed by atoms with Crippen molar-refractivity contribution in [3.05, 3.63) is 0 Å². The fraction of sp³-hybridized carbons (Fsp3) is 0.929. The van der Waals surface area contributed by atoms with Crippen molar-refractivity contribution in [1.29, 1.82) is 0 Å². The van der Waals surface area contributed by atoms with Gasteiger partial charge in [0.1, 0.15) is 5.84 Å². The van der Waals surface area contributed by atoms with Gasteiger partial charge < -0.3 is 21.2 Å². The fourth-order valence-corrected chi connectivity index (χ4v) is 3.07. The van der Waals surface area contributed by atoms with Crippen LogP contribution >= 0.6 is 0 Å². The molecule has 5 heteroatoms. The zero-order chi connectivity index (χ0) is 13.7. The number of hydrogen-bond donors (Lipinski definition) is 3. The van der Waals surface area contributed by atoms with Gasteiger partial charge in [0.15, 0.2) is 0 Å². The van der Waals surface area contributed by atoms with E-state index < -0.39 is 0 Å². The number of oxime groups is 1. The van der Waals surface area contributed by atoms with Gasteiger partial charge in [-0.25, -0.2) is 0 Å². The Hall–Kier alpha value is -0.810. The van der Waals surface area contributed by atoms with Crippen LogP contribution in [0, 0.1) is 11.3 Å². The van der Waals surface area contributed by atoms with Crippen molar-refractivity contribution in [2.45, 2.75) is 39.0 Å². The summed E-state index contributed by atoms with van der Waals surface area (Å²) in [7, 11) is 0. The van der Waals surface area contributed by atoms with E-state index in [1.165, 1.54) is 45.3 Å². The summed E-state index contributed by atoms with van der Waals surface area (Å²) in [5.74, 6) is 1.06. The van der Waals surface area contributed by atoms with Crippen LogP contribution in [0.5, 0.6) is 0 Å². The van der Waals surface area contributed by atoms with E-state index in [1.54, 1.807) is 0 Å². The van der Waals surface area contributed by atoms with Crippen molar-refractivity contribution in [1.82, 2.24) is 10.2 Å². The van der Waals surface area contributed by atoms with E-state index in [0.717, 1.165) is 19.5 Å². The van der Waals surface area contributed by atoms with Gasteiger partial charge in [0.05, 0.1) is 0 Å². The van der Waals surface area contributed by atoms with Gasteiger partial charge in [0.2, 0.25) is 0 Å². The van der Waals surface area contributed by atoms with Crippen molar-refractivity contribution in [2.75, 3.05) is 32.7 Å². The highest BCUT2D eigenvalue weighted by molar-refractivity contribution is 5.80. The van der Waals surface area contributed by atoms with Crippen LogP contribution in [-0.2, 0) is 0 Å². The summed E-state index contributed by atoms with van der Waals surface area (Å²) in [5, 5.41) is 15.3. The average molecular weight is 268 g/mol. The van der Waals surface area contributed by atoms with Gasteiger partial charge >= 0.3 is 0 Å². The van der Waals surface area contributed by atoms with E-state index in [2.05, 4.69) is 22.3 Å². The third-order valence-electron chi connectivity index (χ3n) is 4.40. The van der Waals surface area contributed by atoms with Crippen LogP contribution in [0.25, 0.3) is 0 Å². The SMILES string of the molecule is CC(CNCC1(CC(N)=NO)CC1)CN1CCCC1. The molecule has 0 spiro atoms. The fourth-order valence-electron chi connectivity index (χ4n) is 3.07. The highest BCUT2D eigenvalue weighted by Crippen LogP contribution is 2.48. The molecule has 4 N–H and O–H groups in total. The standard InChI is InChI=1S/C14H28N4O/c1-12(10-18-6-2-3-7-18)9-16-11-14(4-5-14)8-13(15)17-19/h12,16,19H,2-11H2,1H3,(H2,15,17). The molecule has 19 heavy (non-hydrogen) atoms. The van der Waals surface area contributed by atoms with Crippen LogP contribution in [0.2, 0.25) is 0 Å². The quantitative estimate of drug-likeness (QED) is 0.268. The Morgan fingerprint density at radius 3 is 2.68 bits per heavy atom. The minimum Gasteiger partial charge on any atom is -0.409 e. The Bertz CT molecular complexity index is 309. The molecule has 2 rings (SSSR count). The lowest BCUT2D eigenvalue weighted by Crippen LogP contribution is -2.35. The molecule has 0 bridgehead atoms. The molecular weight excluding hydrogens is 240 g/mol. The van der Waals surface area contributed by atoms with E-state index in [4.69, 9.17) is 10.9 Å². The summed E-state index contributed by atoms with van der Waals surface area (Å²) < 4.78 is 0. The van der Waals surface area contributed by atoms with Crippen LogP contribution in [0.3, 0.4) is 0 Å². The van der Waals surface area contributed by atoms with Crippen molar-refractivity contribution >= 4 is 5.84 Å². The number of likely N-dealkylation sites (tertiary alicyclic amines) is 1. The predicted molar refractivity (Wildman–Crippen MR) is 77.4 cm³/mol. The van der Waals surface area contributed by atoms with Gasteiger partial charge in [0, 0.05) is 19.5 Å². The van der Waals surface area contributed by atoms with Gasteiger partial charge in [-0.2, -0.15) is 0 Å². The molecular formula is C14H28N4O. The molecule has 1 unspecified atom stereocenters. The first kappa shape index (κ1) is 14.6. The summed E-state index contributed by atoms with van der Waals surface area (Å²) in [6.07, 6.45) is 5.83. The molecule has 1 heterocycles. The number of amidine groups is 1. The molecule has 2 aliphatic rings. The normalized spacial score (nSPS) is 24.6. The van der Waals surface area contributed by atoms with Crippen molar-refractivity contribution in [3.8, 4) is 0 Å². The van der Waals surface area contributed by atoms with Gasteiger partial charge in [-0.3, -0.25) is 0 Å². The Morgan fingerprint density at radius 1 is 1.42 bits per heavy atom. The topological polar surface area (TPSA) is 73.9 Å². The first-order chi connectivity index (χ1) is 9.13. The lowest BCUT2D eigenvalue weighted by Gasteiger charge is -2.22. The van der Waals surface area contributed by atoms with Crippen LogP contribution in [-0.4, -0.2) is 48.7 Å². The van der Waals surface area contributed by atoms with Crippen LogP contribution in [0.15, 0.2) is 5.16 Å². The molecule has 0 radical (unpaired) electrons. The second-order valence-corrected chi connectivity index (χ2v) is 6.51. The Morgan fingerprint density at radius 2 is 2.11 bits per heavy atom. The Kier molecular flexibility index (Phi) is 5.05. The third-order valence-corrected chi connectivity index (χ3v) is 4.40. The van der Waals surface area contributed by atoms with E-state index in [1.807, 2.05) is 0 Å². The zero-order valence-corrected chi connectivity index (χ0v) is 12.1. The molecule has 1 aliphatic carbocycles. The average Bonchev–Trinajstić information content (AvgIpc) is 2.94. The van der Waals surface area contributed by atoms with Crippen LogP contribution in [0.1, 0.15) is 39.0 Å². The summed E-state index contributed by atoms with van der Waals surface area (Å²) in [6.45, 7) is 8.13. The monoisotopic (exact) mass is 268 g/mol. The molecule has 0 aromatic heterocycles. The van der Waals surface area contributed by atoms with E-state index in [-0.39, 0.29) is 5.41 Å². The minimum atomic E-state index is 0.268. The zero-order valence-electron chi connectivity index (χ0n) is 12.1.